The molecule has 0 heterocycles. The number of aromatic hydroxyl groups is 3. The summed E-state index contributed by atoms with van der Waals surface area (Å²) in [5, 5.41) is 71.3. The second-order valence-electron chi connectivity index (χ2n) is 6.07. The number of aliphatic hydroxyl groups excluding tert-OH is 5. The Morgan fingerprint density at radius 2 is 1.24 bits per heavy atom. The molecule has 9 nitrogen and oxygen atoms in total. The molecule has 9 heteroatoms. The van der Waals surface area contributed by atoms with Gasteiger partial charge in [0.15, 0.2) is 6.29 Å². The summed E-state index contributed by atoms with van der Waals surface area (Å²) in [7, 11) is 0. The zero-order valence-corrected chi connectivity index (χ0v) is 15.3. The quantitative estimate of drug-likeness (QED) is 0.223. The standard InChI is InChI=1S/C14H12O3.C6H12O6/c15-12-5-3-10(4-6-12)1-2-11-7-13(16)9-14(17)8-11;7-1-3(9)5(11)6(12)4(10)2-8/h1-9,15-17H;1,3-6,8-12H,2H2/b2-1+;/t;3-,4+,5+,6+/m.0/s1. The van der Waals surface area contributed by atoms with E-state index in [-0.39, 0.29) is 23.5 Å². The van der Waals surface area contributed by atoms with Crippen LogP contribution < -0.4 is 0 Å². The van der Waals surface area contributed by atoms with Gasteiger partial charge in [0.25, 0.3) is 0 Å². The lowest BCUT2D eigenvalue weighted by Crippen LogP contribution is -2.46. The van der Waals surface area contributed by atoms with E-state index in [0.29, 0.717) is 5.56 Å². The van der Waals surface area contributed by atoms with Crippen LogP contribution in [-0.4, -0.2) is 78.2 Å². The molecule has 8 N–H and O–H groups in total. The number of carbonyl (C=O) groups is 1. The number of benzene rings is 2. The fourth-order valence-corrected chi connectivity index (χ4v) is 2.11. The summed E-state index contributed by atoms with van der Waals surface area (Å²) in [5.74, 6) is 0.267. The number of aldehydes is 1. The first-order valence-electron chi connectivity index (χ1n) is 8.46. The predicted octanol–water partition coefficient (Wildman–Crippen LogP) is -0.405. The maximum Gasteiger partial charge on any atom is 0.151 e. The molecule has 0 aliphatic heterocycles. The van der Waals surface area contributed by atoms with Gasteiger partial charge in [0.1, 0.15) is 41.7 Å². The molecular formula is C20H24O9. The first kappa shape index (κ1) is 24.1. The van der Waals surface area contributed by atoms with Crippen LogP contribution in [0.2, 0.25) is 0 Å². The molecular weight excluding hydrogens is 384 g/mol. The Kier molecular flexibility index (Phi) is 9.80. The monoisotopic (exact) mass is 408 g/mol. The van der Waals surface area contributed by atoms with Crippen molar-refractivity contribution in [2.75, 3.05) is 6.61 Å². The van der Waals surface area contributed by atoms with Crippen molar-refractivity contribution in [3.05, 3.63) is 53.6 Å². The van der Waals surface area contributed by atoms with Crippen molar-refractivity contribution in [3.63, 3.8) is 0 Å². The number of carbonyl (C=O) groups excluding carboxylic acids is 1. The van der Waals surface area contributed by atoms with E-state index in [0.717, 1.165) is 5.56 Å². The van der Waals surface area contributed by atoms with Crippen LogP contribution in [0, 0.1) is 0 Å². The third-order valence-corrected chi connectivity index (χ3v) is 3.71. The SMILES string of the molecule is O=C[C@H](O)[C@@H](O)[C@H](O)[C@H](O)CO.Oc1ccc(/C=C/c2cc(O)cc(O)c2)cc1. The van der Waals surface area contributed by atoms with Crippen molar-refractivity contribution >= 4 is 18.4 Å². The molecule has 2 rings (SSSR count). The van der Waals surface area contributed by atoms with E-state index in [9.17, 15) is 15.0 Å². The molecule has 158 valence electrons. The minimum absolute atomic E-state index is 0.0235. The summed E-state index contributed by atoms with van der Waals surface area (Å²) in [5.41, 5.74) is 1.63. The number of phenols is 3. The third kappa shape index (κ3) is 8.30. The summed E-state index contributed by atoms with van der Waals surface area (Å²) < 4.78 is 0. The minimum Gasteiger partial charge on any atom is -0.508 e. The fraction of sp³-hybridized carbons (Fsp3) is 0.250. The van der Waals surface area contributed by atoms with Crippen molar-refractivity contribution in [3.8, 4) is 17.2 Å². The Bertz CT molecular complexity index is 769. The van der Waals surface area contributed by atoms with Gasteiger partial charge in [-0.2, -0.15) is 0 Å². The van der Waals surface area contributed by atoms with Crippen molar-refractivity contribution < 1.29 is 45.6 Å². The molecule has 0 amide bonds. The zero-order chi connectivity index (χ0) is 22.0. The Balaban J connectivity index is 0.000000311. The summed E-state index contributed by atoms with van der Waals surface area (Å²) in [6.45, 7) is -0.760. The van der Waals surface area contributed by atoms with E-state index in [1.807, 2.05) is 6.08 Å². The van der Waals surface area contributed by atoms with Gasteiger partial charge in [-0.15, -0.1) is 0 Å². The lowest BCUT2D eigenvalue weighted by atomic mass is 10.0. The van der Waals surface area contributed by atoms with Crippen molar-refractivity contribution in [1.29, 1.82) is 0 Å². The van der Waals surface area contributed by atoms with Gasteiger partial charge in [-0.05, 0) is 35.4 Å². The smallest absolute Gasteiger partial charge is 0.151 e. The van der Waals surface area contributed by atoms with Crippen LogP contribution in [-0.2, 0) is 4.79 Å². The number of rotatable bonds is 7. The van der Waals surface area contributed by atoms with E-state index < -0.39 is 31.0 Å². The summed E-state index contributed by atoms with van der Waals surface area (Å²) >= 11 is 0. The molecule has 0 saturated carbocycles. The summed E-state index contributed by atoms with van der Waals surface area (Å²) in [4.78, 5) is 9.90. The molecule has 0 aromatic heterocycles. The molecule has 0 unspecified atom stereocenters. The maximum atomic E-state index is 9.90. The van der Waals surface area contributed by atoms with E-state index in [2.05, 4.69) is 0 Å². The molecule has 0 spiro atoms. The highest BCUT2D eigenvalue weighted by Crippen LogP contribution is 2.22. The Hall–Kier alpha value is -2.95. The Morgan fingerprint density at radius 1 is 0.724 bits per heavy atom. The lowest BCUT2D eigenvalue weighted by Gasteiger charge is -2.22. The van der Waals surface area contributed by atoms with Crippen LogP contribution >= 0.6 is 0 Å². The molecule has 2 aromatic rings. The van der Waals surface area contributed by atoms with Gasteiger partial charge in [-0.1, -0.05) is 24.3 Å². The van der Waals surface area contributed by atoms with Crippen LogP contribution in [0.4, 0.5) is 0 Å². The molecule has 0 aliphatic rings. The number of hydrogen-bond acceptors (Lipinski definition) is 9. The van der Waals surface area contributed by atoms with Gasteiger partial charge in [0.2, 0.25) is 0 Å². The van der Waals surface area contributed by atoms with Gasteiger partial charge in [0.05, 0.1) is 6.61 Å². The molecule has 29 heavy (non-hydrogen) atoms. The maximum absolute atomic E-state index is 9.90. The van der Waals surface area contributed by atoms with Crippen LogP contribution in [0.3, 0.4) is 0 Å². The first-order chi connectivity index (χ1) is 13.7. The Labute approximate surface area is 166 Å². The molecule has 0 radical (unpaired) electrons. The number of aliphatic hydroxyl groups is 5. The fourth-order valence-electron chi connectivity index (χ4n) is 2.11. The average Bonchev–Trinajstić information content (AvgIpc) is 2.70. The highest BCUT2D eigenvalue weighted by atomic mass is 16.4. The van der Waals surface area contributed by atoms with Crippen LogP contribution in [0.1, 0.15) is 11.1 Å². The molecule has 0 aliphatic carbocycles. The number of phenolic OH excluding ortho intramolecular Hbond substituents is 3. The lowest BCUT2D eigenvalue weighted by molar-refractivity contribution is -0.136. The largest absolute Gasteiger partial charge is 0.508 e. The van der Waals surface area contributed by atoms with Gasteiger partial charge < -0.3 is 45.6 Å². The molecule has 4 atom stereocenters. The van der Waals surface area contributed by atoms with E-state index in [1.54, 1.807) is 42.5 Å². The molecule has 0 bridgehead atoms. The summed E-state index contributed by atoms with van der Waals surface area (Å²) in [6, 6.07) is 11.1. The van der Waals surface area contributed by atoms with E-state index in [4.69, 9.17) is 30.6 Å². The van der Waals surface area contributed by atoms with Crippen molar-refractivity contribution in [2.24, 2.45) is 0 Å². The van der Waals surface area contributed by atoms with Gasteiger partial charge in [-0.3, -0.25) is 0 Å². The molecule has 0 saturated heterocycles. The minimum atomic E-state index is -1.79. The molecule has 0 fully saturated rings. The van der Waals surface area contributed by atoms with E-state index in [1.165, 1.54) is 6.07 Å². The van der Waals surface area contributed by atoms with Gasteiger partial charge in [0, 0.05) is 6.07 Å². The predicted molar refractivity (Wildman–Crippen MR) is 104 cm³/mol. The van der Waals surface area contributed by atoms with E-state index >= 15 is 0 Å². The normalized spacial score (nSPS) is 15.1. The average molecular weight is 408 g/mol. The highest BCUT2D eigenvalue weighted by molar-refractivity contribution is 5.71. The third-order valence-electron chi connectivity index (χ3n) is 3.71. The van der Waals surface area contributed by atoms with Crippen LogP contribution in [0.5, 0.6) is 17.2 Å². The number of hydrogen-bond donors (Lipinski definition) is 8. The molecule has 2 aromatic carbocycles. The zero-order valence-electron chi connectivity index (χ0n) is 15.3. The summed E-state index contributed by atoms with van der Waals surface area (Å²) in [6.07, 6.45) is -3.24. The topological polar surface area (TPSA) is 179 Å². The van der Waals surface area contributed by atoms with Crippen molar-refractivity contribution in [2.45, 2.75) is 24.4 Å². The second-order valence-corrected chi connectivity index (χ2v) is 6.07. The van der Waals surface area contributed by atoms with Crippen LogP contribution in [0.15, 0.2) is 42.5 Å². The van der Waals surface area contributed by atoms with Crippen molar-refractivity contribution in [1.82, 2.24) is 0 Å². The second kappa shape index (κ2) is 11.8. The van der Waals surface area contributed by atoms with Gasteiger partial charge in [-0.25, -0.2) is 0 Å². The van der Waals surface area contributed by atoms with Gasteiger partial charge >= 0.3 is 0 Å². The highest BCUT2D eigenvalue weighted by Gasteiger charge is 2.29. The van der Waals surface area contributed by atoms with Crippen LogP contribution in [0.25, 0.3) is 12.2 Å². The Morgan fingerprint density at radius 3 is 1.72 bits per heavy atom. The first-order valence-corrected chi connectivity index (χ1v) is 8.46.